The number of hydrogen-bond acceptors (Lipinski definition) is 6. The molecule has 0 aromatic carbocycles. The molecule has 7 nitrogen and oxygen atoms in total. The van der Waals surface area contributed by atoms with Crippen molar-refractivity contribution in [3.8, 4) is 0 Å². The first-order valence-electron chi connectivity index (χ1n) is 5.94. The first-order chi connectivity index (χ1) is 9.11. The summed E-state index contributed by atoms with van der Waals surface area (Å²) >= 11 is 0. The predicted molar refractivity (Wildman–Crippen MR) is 68.0 cm³/mol. The molecule has 0 spiro atoms. The summed E-state index contributed by atoms with van der Waals surface area (Å²) in [6.07, 6.45) is 1.20. The van der Waals surface area contributed by atoms with E-state index >= 15 is 0 Å². The van der Waals surface area contributed by atoms with Gasteiger partial charge in [-0.2, -0.15) is 0 Å². The zero-order valence-electron chi connectivity index (χ0n) is 9.98. The number of nitrogens with one attached hydrogen (secondary N) is 2. The first kappa shape index (κ1) is 12.6. The zero-order chi connectivity index (χ0) is 13.6. The number of aliphatic hydroxyl groups excluding tert-OH is 3. The van der Waals surface area contributed by atoms with Crippen molar-refractivity contribution in [3.63, 3.8) is 0 Å². The summed E-state index contributed by atoms with van der Waals surface area (Å²) in [5.41, 5.74) is 2.11. The Balaban J connectivity index is 2.03. The van der Waals surface area contributed by atoms with Gasteiger partial charge in [0.2, 0.25) is 0 Å². The Kier molecular flexibility index (Phi) is 3.02. The molecule has 3 heterocycles. The fourth-order valence-electron chi connectivity index (χ4n) is 2.48. The number of aromatic amines is 1. The lowest BCUT2D eigenvalue weighted by Crippen LogP contribution is -2.35. The highest BCUT2D eigenvalue weighted by Gasteiger charge is 2.42. The van der Waals surface area contributed by atoms with Crippen molar-refractivity contribution >= 4 is 24.6 Å². The summed E-state index contributed by atoms with van der Waals surface area (Å²) in [4.78, 5) is 11.0. The molecule has 3 rings (SSSR count). The molecule has 2 aromatic rings. The van der Waals surface area contributed by atoms with Crippen LogP contribution >= 0.6 is 0 Å². The van der Waals surface area contributed by atoms with E-state index in [0.717, 1.165) is 0 Å². The number of aliphatic hydroxyl groups is 3. The molecule has 0 aliphatic carbocycles. The summed E-state index contributed by atoms with van der Waals surface area (Å²) < 4.78 is 0. The van der Waals surface area contributed by atoms with E-state index < -0.39 is 24.3 Å². The third kappa shape index (κ3) is 1.93. The van der Waals surface area contributed by atoms with Crippen molar-refractivity contribution in [3.05, 3.63) is 18.0 Å². The minimum Gasteiger partial charge on any atom is -0.395 e. The zero-order valence-corrected chi connectivity index (χ0v) is 9.98. The lowest BCUT2D eigenvalue weighted by molar-refractivity contribution is 0.0196. The molecule has 2 aromatic heterocycles. The monoisotopic (exact) mass is 260 g/mol. The second-order valence-electron chi connectivity index (χ2n) is 4.65. The minimum absolute atomic E-state index is 0.139. The van der Waals surface area contributed by atoms with Crippen LogP contribution in [-0.4, -0.2) is 63.0 Å². The van der Waals surface area contributed by atoms with Crippen LogP contribution in [0.15, 0.2) is 12.4 Å². The fraction of sp³-hybridized carbons (Fsp3) is 0.455. The molecule has 0 bridgehead atoms. The maximum atomic E-state index is 10.0. The third-order valence-corrected chi connectivity index (χ3v) is 3.49. The summed E-state index contributed by atoms with van der Waals surface area (Å²) in [6.45, 7) is -0.256. The number of aromatic nitrogens is 3. The van der Waals surface area contributed by atoms with Gasteiger partial charge in [-0.25, -0.2) is 4.98 Å². The Hall–Kier alpha value is -1.48. The van der Waals surface area contributed by atoms with E-state index in [0.29, 0.717) is 16.6 Å². The Labute approximate surface area is 110 Å². The van der Waals surface area contributed by atoms with E-state index in [4.69, 9.17) is 13.0 Å². The third-order valence-electron chi connectivity index (χ3n) is 3.49. The topological polar surface area (TPSA) is 114 Å². The van der Waals surface area contributed by atoms with Crippen molar-refractivity contribution in [2.45, 2.75) is 24.3 Å². The molecule has 4 unspecified atom stereocenters. The Morgan fingerprint density at radius 3 is 2.79 bits per heavy atom. The summed E-state index contributed by atoms with van der Waals surface area (Å²) in [7, 11) is 5.56. The Bertz CT molecular complexity index is 605. The van der Waals surface area contributed by atoms with E-state index in [-0.39, 0.29) is 12.3 Å². The molecule has 8 heteroatoms. The summed E-state index contributed by atoms with van der Waals surface area (Å²) in [5.74, 6) is 0. The molecule has 98 valence electrons. The van der Waals surface area contributed by atoms with E-state index in [1.165, 1.54) is 0 Å². The van der Waals surface area contributed by atoms with Crippen molar-refractivity contribution in [2.75, 3.05) is 6.61 Å². The quantitative estimate of drug-likeness (QED) is 0.381. The van der Waals surface area contributed by atoms with Crippen molar-refractivity contribution < 1.29 is 15.3 Å². The van der Waals surface area contributed by atoms with Gasteiger partial charge in [0.05, 0.1) is 47.7 Å². The number of rotatable bonds is 2. The molecule has 19 heavy (non-hydrogen) atoms. The van der Waals surface area contributed by atoms with Crippen LogP contribution in [-0.2, 0) is 0 Å². The van der Waals surface area contributed by atoms with E-state index in [1.807, 2.05) is 0 Å². The normalized spacial score (nSPS) is 31.1. The van der Waals surface area contributed by atoms with Crippen LogP contribution in [0.25, 0.3) is 11.0 Å². The smallest absolute Gasteiger partial charge is 0.170 e. The molecular formula is C11H13BN4O3. The molecule has 1 aliphatic heterocycles. The molecule has 4 atom stereocenters. The second-order valence-corrected chi connectivity index (χ2v) is 4.65. The number of H-pyrrole nitrogens is 1. The van der Waals surface area contributed by atoms with Gasteiger partial charge in [0, 0.05) is 11.8 Å². The van der Waals surface area contributed by atoms with E-state index in [9.17, 15) is 10.2 Å². The van der Waals surface area contributed by atoms with Crippen LogP contribution in [0.3, 0.4) is 0 Å². The SMILES string of the molecule is [B]c1ncc2[nH]cc(C3NC(CO)C(O)C3O)c2n1. The minimum atomic E-state index is -1.03. The number of fused-ring (bicyclic) bond motifs is 1. The van der Waals surface area contributed by atoms with Crippen LogP contribution in [0.1, 0.15) is 11.6 Å². The van der Waals surface area contributed by atoms with Gasteiger partial charge < -0.3 is 25.6 Å². The summed E-state index contributed by atoms with van der Waals surface area (Å²) in [5, 5.41) is 32.0. The Morgan fingerprint density at radius 2 is 2.11 bits per heavy atom. The van der Waals surface area contributed by atoms with Gasteiger partial charge in [0.15, 0.2) is 7.85 Å². The standard InChI is InChI=1S/C11H13BN4O3/c12-11-14-2-5-7(16-11)4(1-13-5)8-10(19)9(18)6(3-17)15-8/h1-2,6,8-10,13,15,17-19H,3H2. The molecule has 1 saturated heterocycles. The lowest BCUT2D eigenvalue weighted by atomic mass is 10.0. The fourth-order valence-corrected chi connectivity index (χ4v) is 2.48. The predicted octanol–water partition coefficient (Wildman–Crippen LogP) is -2.52. The maximum absolute atomic E-state index is 10.0. The average molecular weight is 260 g/mol. The van der Waals surface area contributed by atoms with Crippen LogP contribution in [0.4, 0.5) is 0 Å². The molecule has 1 aliphatic rings. The lowest BCUT2D eigenvalue weighted by Gasteiger charge is -2.14. The van der Waals surface area contributed by atoms with Crippen molar-refractivity contribution in [1.29, 1.82) is 0 Å². The van der Waals surface area contributed by atoms with Crippen molar-refractivity contribution in [2.24, 2.45) is 0 Å². The van der Waals surface area contributed by atoms with Gasteiger partial charge in [-0.15, -0.1) is 0 Å². The molecular weight excluding hydrogens is 247 g/mol. The highest BCUT2D eigenvalue weighted by atomic mass is 16.3. The van der Waals surface area contributed by atoms with Crippen LogP contribution < -0.4 is 11.0 Å². The number of hydrogen-bond donors (Lipinski definition) is 5. The van der Waals surface area contributed by atoms with Gasteiger partial charge in [0.25, 0.3) is 0 Å². The van der Waals surface area contributed by atoms with Crippen LogP contribution in [0.2, 0.25) is 0 Å². The van der Waals surface area contributed by atoms with Gasteiger partial charge in [-0.1, -0.05) is 0 Å². The van der Waals surface area contributed by atoms with Gasteiger partial charge in [-0.05, 0) is 0 Å². The highest BCUT2D eigenvalue weighted by molar-refractivity contribution is 6.29. The van der Waals surface area contributed by atoms with E-state index in [1.54, 1.807) is 12.4 Å². The molecule has 2 radical (unpaired) electrons. The number of nitrogens with zero attached hydrogens (tertiary/aromatic N) is 2. The van der Waals surface area contributed by atoms with E-state index in [2.05, 4.69) is 20.3 Å². The molecule has 0 amide bonds. The second kappa shape index (κ2) is 4.57. The van der Waals surface area contributed by atoms with Crippen LogP contribution in [0, 0.1) is 0 Å². The Morgan fingerprint density at radius 1 is 1.32 bits per heavy atom. The average Bonchev–Trinajstić information content (AvgIpc) is 2.92. The highest BCUT2D eigenvalue weighted by Crippen LogP contribution is 2.30. The molecule has 0 saturated carbocycles. The van der Waals surface area contributed by atoms with Gasteiger partial charge >= 0.3 is 0 Å². The largest absolute Gasteiger partial charge is 0.395 e. The van der Waals surface area contributed by atoms with Crippen LogP contribution in [0.5, 0.6) is 0 Å². The molecule has 1 fully saturated rings. The first-order valence-corrected chi connectivity index (χ1v) is 5.94. The van der Waals surface area contributed by atoms with Gasteiger partial charge in [0.1, 0.15) is 6.10 Å². The van der Waals surface area contributed by atoms with Gasteiger partial charge in [-0.3, -0.25) is 4.98 Å². The molecule has 5 N–H and O–H groups in total. The maximum Gasteiger partial charge on any atom is 0.170 e. The summed E-state index contributed by atoms with van der Waals surface area (Å²) in [6, 6.07) is -1.08. The van der Waals surface area contributed by atoms with Crippen molar-refractivity contribution in [1.82, 2.24) is 20.3 Å².